The molecule has 0 saturated carbocycles. The lowest BCUT2D eigenvalue weighted by molar-refractivity contribution is -0.138. The van der Waals surface area contributed by atoms with Crippen LogP contribution in [0.5, 0.6) is 5.75 Å². The first kappa shape index (κ1) is 56.5. The van der Waals surface area contributed by atoms with Crippen LogP contribution in [-0.2, 0) is 63.8 Å². The number of carbonyl (C=O) groups excluding carboxylic acids is 1. The number of amides is 1. The molecule has 14 heteroatoms. The Kier molecular flexibility index (Phi) is 17.7. The van der Waals surface area contributed by atoms with Gasteiger partial charge in [0.1, 0.15) is 19.0 Å². The standard InChI is InChI=1S/C67H63F6N3O5/c68-66(69,70)59-36-49(41-78-45-64(25-29-74-30-26-64)57-14-5-2-6-15-57)34-55(38-59)52-19-23-61(24-20-52)76-63(77)81-44-48-11-7-12-53(33-48)51-17-21-58(22-18-51)65(27-31-75-32-28-65)46-79-42-50-35-56(39-60(37-50)67(71,72)73)54-13-8-16-62(40-54)80-43-47-9-3-1-4-10-47/h1-24,33-40,74-75H,25-32,41-46H2,(H,76,77). The van der Waals surface area contributed by atoms with Crippen molar-refractivity contribution in [3.05, 3.63) is 239 Å². The van der Waals surface area contributed by atoms with Crippen LogP contribution in [-0.4, -0.2) is 45.5 Å². The molecule has 2 aliphatic rings. The number of rotatable bonds is 19. The summed E-state index contributed by atoms with van der Waals surface area (Å²) in [5.41, 5.74) is 6.85. The monoisotopic (exact) mass is 1100 g/mol. The number of piperidine rings is 2. The minimum Gasteiger partial charge on any atom is -0.489 e. The molecule has 8 nitrogen and oxygen atoms in total. The van der Waals surface area contributed by atoms with Crippen molar-refractivity contribution in [3.8, 4) is 39.1 Å². The average Bonchev–Trinajstić information content (AvgIpc) is 3.49. The van der Waals surface area contributed by atoms with Gasteiger partial charge in [0.2, 0.25) is 0 Å². The number of hydrogen-bond acceptors (Lipinski definition) is 7. The highest BCUT2D eigenvalue weighted by Crippen LogP contribution is 2.40. The molecule has 8 aromatic rings. The Balaban J connectivity index is 0.747. The average molecular weight is 1100 g/mol. The third-order valence-corrected chi connectivity index (χ3v) is 15.4. The molecule has 3 N–H and O–H groups in total. The summed E-state index contributed by atoms with van der Waals surface area (Å²) in [5.74, 6) is 0.551. The quantitative estimate of drug-likeness (QED) is 0.0695. The molecule has 81 heavy (non-hydrogen) atoms. The first-order chi connectivity index (χ1) is 39.2. The second-order valence-electron chi connectivity index (χ2n) is 21.1. The third kappa shape index (κ3) is 14.6. The van der Waals surface area contributed by atoms with Crippen molar-refractivity contribution in [1.29, 1.82) is 0 Å². The van der Waals surface area contributed by atoms with Crippen LogP contribution >= 0.6 is 0 Å². The van der Waals surface area contributed by atoms with Gasteiger partial charge in [-0.1, -0.05) is 127 Å². The van der Waals surface area contributed by atoms with Gasteiger partial charge >= 0.3 is 18.4 Å². The molecule has 0 aliphatic carbocycles. The highest BCUT2D eigenvalue weighted by atomic mass is 19.4. The van der Waals surface area contributed by atoms with Gasteiger partial charge in [-0.2, -0.15) is 26.3 Å². The second-order valence-corrected chi connectivity index (χ2v) is 21.1. The van der Waals surface area contributed by atoms with Crippen LogP contribution in [0.3, 0.4) is 0 Å². The number of hydrogen-bond donors (Lipinski definition) is 3. The molecule has 1 amide bonds. The zero-order valence-electron chi connectivity index (χ0n) is 44.7. The summed E-state index contributed by atoms with van der Waals surface area (Å²) in [6.45, 7) is 4.18. The number of carbonyl (C=O) groups is 1. The number of nitrogens with one attached hydrogen (secondary N) is 3. The summed E-state index contributed by atoms with van der Waals surface area (Å²) in [7, 11) is 0. The predicted octanol–water partition coefficient (Wildman–Crippen LogP) is 15.7. The number of anilines is 1. The Hall–Kier alpha value is -7.75. The molecule has 0 bridgehead atoms. The van der Waals surface area contributed by atoms with Gasteiger partial charge in [0, 0.05) is 16.5 Å². The molecule has 2 saturated heterocycles. The number of benzene rings is 8. The smallest absolute Gasteiger partial charge is 0.416 e. The summed E-state index contributed by atoms with van der Waals surface area (Å²) >= 11 is 0. The highest BCUT2D eigenvalue weighted by Gasteiger charge is 2.37. The van der Waals surface area contributed by atoms with Gasteiger partial charge in [-0.05, 0) is 185 Å². The Morgan fingerprint density at radius 1 is 0.432 bits per heavy atom. The Bertz CT molecular complexity index is 3360. The third-order valence-electron chi connectivity index (χ3n) is 15.4. The molecule has 0 spiro atoms. The lowest BCUT2D eigenvalue weighted by atomic mass is 9.73. The Labute approximate surface area is 468 Å². The summed E-state index contributed by atoms with van der Waals surface area (Å²) < 4.78 is 110. The largest absolute Gasteiger partial charge is 0.489 e. The SMILES string of the molecule is O=C(Nc1ccc(-c2cc(COCC3(c4ccccc4)CCNCC3)cc(C(F)(F)F)c2)cc1)OCc1cccc(-c2ccc(C3(COCc4cc(-c5cccc(OCc6ccccc6)c5)cc(C(F)(F)F)c4)CCNCC3)cc2)c1. The van der Waals surface area contributed by atoms with Crippen LogP contribution in [0, 0.1) is 0 Å². The predicted molar refractivity (Wildman–Crippen MR) is 304 cm³/mol. The molecule has 0 radical (unpaired) electrons. The van der Waals surface area contributed by atoms with Gasteiger partial charge in [-0.3, -0.25) is 5.32 Å². The van der Waals surface area contributed by atoms with Crippen LogP contribution in [0.1, 0.15) is 70.2 Å². The first-order valence-corrected chi connectivity index (χ1v) is 27.2. The lowest BCUT2D eigenvalue weighted by Gasteiger charge is -2.38. The van der Waals surface area contributed by atoms with Crippen molar-refractivity contribution in [3.63, 3.8) is 0 Å². The first-order valence-electron chi connectivity index (χ1n) is 27.2. The molecule has 2 aliphatic heterocycles. The molecule has 10 rings (SSSR count). The van der Waals surface area contributed by atoms with Crippen LogP contribution < -0.4 is 20.7 Å². The zero-order valence-corrected chi connectivity index (χ0v) is 44.7. The van der Waals surface area contributed by atoms with E-state index >= 15 is 0 Å². The Morgan fingerprint density at radius 2 is 0.901 bits per heavy atom. The maximum Gasteiger partial charge on any atom is 0.416 e. The summed E-state index contributed by atoms with van der Waals surface area (Å²) in [6.07, 6.45) is -6.56. The van der Waals surface area contributed by atoms with Crippen LogP contribution in [0.2, 0.25) is 0 Å². The van der Waals surface area contributed by atoms with Crippen LogP contribution in [0.4, 0.5) is 36.8 Å². The normalized spacial score (nSPS) is 15.2. The molecule has 0 aromatic heterocycles. The van der Waals surface area contributed by atoms with Crippen molar-refractivity contribution >= 4 is 11.8 Å². The minimum absolute atomic E-state index is 0.00998. The van der Waals surface area contributed by atoms with Crippen LogP contribution in [0.15, 0.2) is 194 Å². The fourth-order valence-electron chi connectivity index (χ4n) is 11.0. The van der Waals surface area contributed by atoms with E-state index in [4.69, 9.17) is 18.9 Å². The van der Waals surface area contributed by atoms with E-state index in [1.165, 1.54) is 0 Å². The van der Waals surface area contributed by atoms with E-state index < -0.39 is 29.6 Å². The number of halogens is 6. The molecule has 0 unspecified atom stereocenters. The van der Waals surface area contributed by atoms with E-state index in [9.17, 15) is 31.1 Å². The summed E-state index contributed by atoms with van der Waals surface area (Å²) in [4.78, 5) is 13.1. The van der Waals surface area contributed by atoms with E-state index in [1.807, 2.05) is 84.9 Å². The van der Waals surface area contributed by atoms with Crippen molar-refractivity contribution < 1.29 is 50.1 Å². The second kappa shape index (κ2) is 25.4. The fraction of sp³-hybridized carbons (Fsp3) is 0.269. The van der Waals surface area contributed by atoms with Gasteiger partial charge in [0.15, 0.2) is 0 Å². The maximum atomic E-state index is 14.3. The zero-order chi connectivity index (χ0) is 56.3. The van der Waals surface area contributed by atoms with E-state index in [-0.39, 0.29) is 30.7 Å². The number of ether oxygens (including phenoxy) is 4. The van der Waals surface area contributed by atoms with E-state index in [0.717, 1.165) is 110 Å². The lowest BCUT2D eigenvalue weighted by Crippen LogP contribution is -2.43. The number of alkyl halides is 6. The van der Waals surface area contributed by atoms with Gasteiger partial charge < -0.3 is 29.6 Å². The highest BCUT2D eigenvalue weighted by molar-refractivity contribution is 5.85. The Morgan fingerprint density at radius 3 is 1.47 bits per heavy atom. The van der Waals surface area contributed by atoms with Crippen molar-refractivity contribution in [2.45, 2.75) is 75.3 Å². The topological polar surface area (TPSA) is 90.1 Å². The molecular weight excluding hydrogens is 1040 g/mol. The van der Waals surface area contributed by atoms with Crippen molar-refractivity contribution in [2.75, 3.05) is 44.7 Å². The molecule has 8 aromatic carbocycles. The summed E-state index contributed by atoms with van der Waals surface area (Å²) in [6, 6.07) is 57.4. The van der Waals surface area contributed by atoms with Gasteiger partial charge in [-0.25, -0.2) is 4.79 Å². The molecular formula is C67H63F6N3O5. The van der Waals surface area contributed by atoms with E-state index in [0.29, 0.717) is 64.6 Å². The fourth-order valence-corrected chi connectivity index (χ4v) is 11.0. The molecule has 0 atom stereocenters. The summed E-state index contributed by atoms with van der Waals surface area (Å²) in [5, 5.41) is 9.55. The van der Waals surface area contributed by atoms with Gasteiger partial charge in [0.25, 0.3) is 0 Å². The van der Waals surface area contributed by atoms with Gasteiger partial charge in [-0.15, -0.1) is 0 Å². The van der Waals surface area contributed by atoms with E-state index in [2.05, 4.69) is 40.2 Å². The van der Waals surface area contributed by atoms with Gasteiger partial charge in [0.05, 0.1) is 37.6 Å². The van der Waals surface area contributed by atoms with E-state index in [1.54, 1.807) is 60.7 Å². The minimum atomic E-state index is -4.57. The maximum absolute atomic E-state index is 14.3. The van der Waals surface area contributed by atoms with Crippen molar-refractivity contribution in [1.82, 2.24) is 10.6 Å². The molecule has 2 fully saturated rings. The molecule has 2 heterocycles. The van der Waals surface area contributed by atoms with Crippen molar-refractivity contribution in [2.24, 2.45) is 0 Å². The molecule has 418 valence electrons. The van der Waals surface area contributed by atoms with Crippen LogP contribution in [0.25, 0.3) is 33.4 Å².